The summed E-state index contributed by atoms with van der Waals surface area (Å²) in [7, 11) is 0. The summed E-state index contributed by atoms with van der Waals surface area (Å²) in [4.78, 5) is 24.5. The fraction of sp³-hybridized carbons (Fsp3) is 0.942. The molecule has 0 aromatic carbocycles. The molecule has 0 saturated carbocycles. The van der Waals surface area contributed by atoms with Crippen LogP contribution in [0.25, 0.3) is 0 Å². The van der Waals surface area contributed by atoms with Crippen LogP contribution >= 0.6 is 0 Å². The Hall–Kier alpha value is -1.40. The zero-order valence-electron chi connectivity index (χ0n) is 51.1. The average molecular weight is 1060 g/mol. The quantitative estimate of drug-likeness (QED) is 0.0320. The van der Waals surface area contributed by atoms with Gasteiger partial charge < -0.3 is 20.3 Å². The first-order valence-corrected chi connectivity index (χ1v) is 34.4. The number of ether oxygens (including phenoxy) is 1. The van der Waals surface area contributed by atoms with E-state index in [-0.39, 0.29) is 18.5 Å². The monoisotopic (exact) mass is 1060 g/mol. The van der Waals surface area contributed by atoms with Crippen LogP contribution in [-0.2, 0) is 14.3 Å². The number of aliphatic hydroxyl groups is 2. The Labute approximate surface area is 469 Å². The van der Waals surface area contributed by atoms with Crippen LogP contribution in [0.15, 0.2) is 12.2 Å². The van der Waals surface area contributed by atoms with E-state index in [0.717, 1.165) is 38.5 Å². The molecular weight excluding hydrogens is 923 g/mol. The van der Waals surface area contributed by atoms with E-state index in [0.29, 0.717) is 25.9 Å². The standard InChI is InChI=1S/C69H135NO5/c1-3-5-7-9-11-13-15-17-39-43-47-51-55-59-63-69(74)75-64-60-56-52-48-44-40-37-35-33-31-29-27-25-23-21-19-18-20-22-24-26-28-30-32-34-36-38-42-46-50-54-58-62-68(73)70-66(65-71)67(72)61-57-53-49-45-41-16-14-12-10-8-6-4-2/h21,23,66-67,71-72H,3-20,22,24-65H2,1-2H3,(H,70,73)/b23-21-. The first kappa shape index (κ1) is 73.6. The zero-order chi connectivity index (χ0) is 54.3. The lowest BCUT2D eigenvalue weighted by Gasteiger charge is -2.22. The average Bonchev–Trinajstić information content (AvgIpc) is 3.41. The molecule has 2 atom stereocenters. The highest BCUT2D eigenvalue weighted by molar-refractivity contribution is 5.76. The van der Waals surface area contributed by atoms with Crippen LogP contribution in [0.2, 0.25) is 0 Å². The van der Waals surface area contributed by atoms with Crippen molar-refractivity contribution in [3.63, 3.8) is 0 Å². The van der Waals surface area contributed by atoms with E-state index in [2.05, 4.69) is 31.3 Å². The number of hydrogen-bond donors (Lipinski definition) is 3. The molecule has 0 aromatic rings. The lowest BCUT2D eigenvalue weighted by molar-refractivity contribution is -0.143. The molecule has 75 heavy (non-hydrogen) atoms. The van der Waals surface area contributed by atoms with Crippen molar-refractivity contribution in [1.82, 2.24) is 5.32 Å². The van der Waals surface area contributed by atoms with Gasteiger partial charge in [0.25, 0.3) is 0 Å². The molecule has 0 rings (SSSR count). The minimum atomic E-state index is -0.660. The molecule has 1 amide bonds. The molecule has 0 aliphatic rings. The van der Waals surface area contributed by atoms with Gasteiger partial charge in [-0.3, -0.25) is 9.59 Å². The maximum absolute atomic E-state index is 12.5. The molecule has 0 aliphatic heterocycles. The van der Waals surface area contributed by atoms with E-state index in [9.17, 15) is 19.8 Å². The van der Waals surface area contributed by atoms with E-state index < -0.39 is 12.1 Å². The number of nitrogens with one attached hydrogen (secondary N) is 1. The molecule has 0 aromatic heterocycles. The summed E-state index contributed by atoms with van der Waals surface area (Å²) in [6.07, 6.45) is 79.8. The molecule has 0 saturated heterocycles. The maximum atomic E-state index is 12.5. The number of aliphatic hydroxyl groups excluding tert-OH is 2. The number of carbonyl (C=O) groups is 2. The summed E-state index contributed by atoms with van der Waals surface area (Å²) >= 11 is 0. The van der Waals surface area contributed by atoms with Gasteiger partial charge in [0.2, 0.25) is 5.91 Å². The van der Waals surface area contributed by atoms with Gasteiger partial charge in [-0.25, -0.2) is 0 Å². The topological polar surface area (TPSA) is 95.9 Å². The largest absolute Gasteiger partial charge is 0.466 e. The number of esters is 1. The Balaban J connectivity index is 3.32. The molecule has 0 heterocycles. The van der Waals surface area contributed by atoms with Crippen LogP contribution in [-0.4, -0.2) is 47.4 Å². The third-order valence-electron chi connectivity index (χ3n) is 16.3. The van der Waals surface area contributed by atoms with Gasteiger partial charge >= 0.3 is 5.97 Å². The number of hydrogen-bond acceptors (Lipinski definition) is 5. The van der Waals surface area contributed by atoms with Crippen molar-refractivity contribution in [3.05, 3.63) is 12.2 Å². The molecule has 446 valence electrons. The van der Waals surface area contributed by atoms with Crippen molar-refractivity contribution in [2.45, 2.75) is 405 Å². The maximum Gasteiger partial charge on any atom is 0.305 e. The Morgan fingerprint density at radius 3 is 0.947 bits per heavy atom. The third kappa shape index (κ3) is 61.7. The van der Waals surface area contributed by atoms with E-state index in [4.69, 9.17) is 4.74 Å². The number of unbranched alkanes of at least 4 members (excludes halogenated alkanes) is 52. The zero-order valence-corrected chi connectivity index (χ0v) is 51.1. The van der Waals surface area contributed by atoms with Gasteiger partial charge in [-0.15, -0.1) is 0 Å². The number of allylic oxidation sites excluding steroid dienone is 2. The van der Waals surface area contributed by atoms with Crippen molar-refractivity contribution in [3.8, 4) is 0 Å². The molecule has 6 nitrogen and oxygen atoms in total. The summed E-state index contributed by atoms with van der Waals surface area (Å²) < 4.78 is 5.49. The predicted octanol–water partition coefficient (Wildman–Crippen LogP) is 22.0. The molecule has 0 bridgehead atoms. The van der Waals surface area contributed by atoms with Crippen molar-refractivity contribution < 1.29 is 24.5 Å². The van der Waals surface area contributed by atoms with Crippen LogP contribution in [0.5, 0.6) is 0 Å². The highest BCUT2D eigenvalue weighted by atomic mass is 16.5. The molecule has 0 spiro atoms. The summed E-state index contributed by atoms with van der Waals surface area (Å²) in [6, 6.07) is -0.537. The highest BCUT2D eigenvalue weighted by Crippen LogP contribution is 2.19. The van der Waals surface area contributed by atoms with Gasteiger partial charge in [-0.05, 0) is 51.4 Å². The van der Waals surface area contributed by atoms with Crippen LogP contribution in [0.4, 0.5) is 0 Å². The summed E-state index contributed by atoms with van der Waals surface area (Å²) in [5, 5.41) is 23.2. The lowest BCUT2D eigenvalue weighted by atomic mass is 10.0. The summed E-state index contributed by atoms with van der Waals surface area (Å²) in [5.41, 5.74) is 0. The van der Waals surface area contributed by atoms with Crippen LogP contribution in [0, 0.1) is 0 Å². The lowest BCUT2D eigenvalue weighted by Crippen LogP contribution is -2.45. The second-order valence-corrected chi connectivity index (χ2v) is 23.9. The van der Waals surface area contributed by atoms with Gasteiger partial charge in [0, 0.05) is 12.8 Å². The predicted molar refractivity (Wildman–Crippen MR) is 329 cm³/mol. The van der Waals surface area contributed by atoms with Crippen molar-refractivity contribution in [1.29, 1.82) is 0 Å². The van der Waals surface area contributed by atoms with Gasteiger partial charge in [0.15, 0.2) is 0 Å². The van der Waals surface area contributed by atoms with Crippen molar-refractivity contribution >= 4 is 11.9 Å². The van der Waals surface area contributed by atoms with E-state index >= 15 is 0 Å². The van der Waals surface area contributed by atoms with Gasteiger partial charge in [0.05, 0.1) is 25.4 Å². The molecule has 0 aliphatic carbocycles. The first-order chi connectivity index (χ1) is 37.0. The third-order valence-corrected chi connectivity index (χ3v) is 16.3. The molecule has 0 radical (unpaired) electrons. The van der Waals surface area contributed by atoms with E-state index in [1.54, 1.807) is 0 Å². The Morgan fingerprint density at radius 1 is 0.360 bits per heavy atom. The second kappa shape index (κ2) is 65.1. The van der Waals surface area contributed by atoms with Crippen molar-refractivity contribution in [2.75, 3.05) is 13.2 Å². The minimum Gasteiger partial charge on any atom is -0.466 e. The normalized spacial score (nSPS) is 12.5. The second-order valence-electron chi connectivity index (χ2n) is 23.9. The SMILES string of the molecule is CCCCCCCCCCCCCCCCC(=O)OCCCCCCCCCCCCCC/C=C\CCCCCCCCCCCCCCCCCCC(=O)NC(CO)C(O)CCCCCCCCCCCCCC. The molecular formula is C69H135NO5. The number of rotatable bonds is 65. The Bertz CT molecular complexity index is 1130. The summed E-state index contributed by atoms with van der Waals surface area (Å²) in [6.45, 7) is 4.98. The van der Waals surface area contributed by atoms with E-state index in [1.807, 2.05) is 0 Å². The molecule has 6 heteroatoms. The van der Waals surface area contributed by atoms with Crippen LogP contribution in [0.1, 0.15) is 393 Å². The fourth-order valence-corrected chi connectivity index (χ4v) is 11.1. The van der Waals surface area contributed by atoms with E-state index in [1.165, 1.54) is 321 Å². The summed E-state index contributed by atoms with van der Waals surface area (Å²) in [5.74, 6) is -0.00938. The first-order valence-electron chi connectivity index (χ1n) is 34.4. The molecule has 0 fully saturated rings. The van der Waals surface area contributed by atoms with Crippen molar-refractivity contribution in [2.24, 2.45) is 0 Å². The fourth-order valence-electron chi connectivity index (χ4n) is 11.1. The minimum absolute atomic E-state index is 0.0212. The molecule has 3 N–H and O–H groups in total. The Kier molecular flexibility index (Phi) is 63.9. The molecule has 2 unspecified atom stereocenters. The highest BCUT2D eigenvalue weighted by Gasteiger charge is 2.20. The van der Waals surface area contributed by atoms with Crippen LogP contribution in [0.3, 0.4) is 0 Å². The van der Waals surface area contributed by atoms with Gasteiger partial charge in [-0.1, -0.05) is 341 Å². The Morgan fingerprint density at radius 2 is 0.627 bits per heavy atom. The smallest absolute Gasteiger partial charge is 0.305 e. The number of carbonyl (C=O) groups excluding carboxylic acids is 2. The van der Waals surface area contributed by atoms with Gasteiger partial charge in [-0.2, -0.15) is 0 Å². The van der Waals surface area contributed by atoms with Gasteiger partial charge in [0.1, 0.15) is 0 Å². The van der Waals surface area contributed by atoms with Crippen LogP contribution < -0.4 is 5.32 Å². The number of amides is 1.